The molecule has 0 bridgehead atoms. The molecule has 90 valence electrons. The highest BCUT2D eigenvalue weighted by Gasteiger charge is 2.04. The molecular weight excluding hydrogens is 220 g/mol. The van der Waals surface area contributed by atoms with Crippen molar-refractivity contribution in [3.8, 4) is 0 Å². The van der Waals surface area contributed by atoms with E-state index in [1.54, 1.807) is 11.8 Å². The fourth-order valence-corrected chi connectivity index (χ4v) is 2.28. The van der Waals surface area contributed by atoms with Gasteiger partial charge in [0.2, 0.25) is 0 Å². The van der Waals surface area contributed by atoms with Crippen molar-refractivity contribution in [1.82, 2.24) is 10.3 Å². The number of nitrogens with zero attached hydrogens (tertiary/aromatic N) is 1. The van der Waals surface area contributed by atoms with Crippen molar-refractivity contribution >= 4 is 11.8 Å². The molecule has 16 heavy (non-hydrogen) atoms. The number of hydrogen-bond donors (Lipinski definition) is 2. The van der Waals surface area contributed by atoms with Crippen LogP contribution in [0.2, 0.25) is 0 Å². The number of aliphatic hydroxyl groups is 1. The van der Waals surface area contributed by atoms with E-state index in [-0.39, 0.29) is 6.61 Å². The van der Waals surface area contributed by atoms with E-state index in [2.05, 4.69) is 30.2 Å². The van der Waals surface area contributed by atoms with Gasteiger partial charge in [0.1, 0.15) is 0 Å². The van der Waals surface area contributed by atoms with Crippen LogP contribution in [0.5, 0.6) is 0 Å². The second kappa shape index (κ2) is 7.65. The van der Waals surface area contributed by atoms with Crippen molar-refractivity contribution in [2.75, 3.05) is 18.9 Å². The lowest BCUT2D eigenvalue weighted by molar-refractivity contribution is 0.296. The van der Waals surface area contributed by atoms with E-state index in [0.29, 0.717) is 6.04 Å². The molecule has 1 aromatic rings. The molecule has 0 aliphatic carbocycles. The van der Waals surface area contributed by atoms with Gasteiger partial charge >= 0.3 is 0 Å². The summed E-state index contributed by atoms with van der Waals surface area (Å²) < 4.78 is 0. The van der Waals surface area contributed by atoms with Crippen LogP contribution in [0.1, 0.15) is 31.9 Å². The third-order valence-corrected chi connectivity index (χ3v) is 3.33. The molecule has 0 saturated heterocycles. The predicted octanol–water partition coefficient (Wildman–Crippen LogP) is 2.23. The fourth-order valence-electron chi connectivity index (χ4n) is 1.44. The summed E-state index contributed by atoms with van der Waals surface area (Å²) >= 11 is 1.70. The van der Waals surface area contributed by atoms with Crippen LogP contribution >= 0.6 is 11.8 Å². The smallest absolute Gasteiger partial charge is 0.0963 e. The Balaban J connectivity index is 2.56. The van der Waals surface area contributed by atoms with Gasteiger partial charge in [0.15, 0.2) is 0 Å². The zero-order chi connectivity index (χ0) is 11.8. The summed E-state index contributed by atoms with van der Waals surface area (Å²) in [6, 6.07) is 4.53. The Kier molecular flexibility index (Phi) is 6.45. The maximum absolute atomic E-state index is 8.71. The Hall–Kier alpha value is -0.580. The maximum Gasteiger partial charge on any atom is 0.0963 e. The fraction of sp³-hybridized carbons (Fsp3) is 0.583. The monoisotopic (exact) mass is 240 g/mol. The third-order valence-electron chi connectivity index (χ3n) is 2.32. The standard InChI is InChI=1S/C12H20N2OS/c1-3-13-10(2)11-5-6-14-12(9-11)16-8-4-7-15/h5-6,9-10,13,15H,3-4,7-8H2,1-2H3. The van der Waals surface area contributed by atoms with E-state index in [9.17, 15) is 0 Å². The average Bonchev–Trinajstić information content (AvgIpc) is 2.30. The van der Waals surface area contributed by atoms with Gasteiger partial charge in [0, 0.05) is 24.6 Å². The number of thioether (sulfide) groups is 1. The normalized spacial score (nSPS) is 12.7. The molecule has 0 amide bonds. The van der Waals surface area contributed by atoms with Crippen molar-refractivity contribution in [1.29, 1.82) is 0 Å². The zero-order valence-electron chi connectivity index (χ0n) is 9.94. The summed E-state index contributed by atoms with van der Waals surface area (Å²) in [5.74, 6) is 0.919. The van der Waals surface area contributed by atoms with Crippen LogP contribution < -0.4 is 5.32 Å². The van der Waals surface area contributed by atoms with Crippen LogP contribution in [0.3, 0.4) is 0 Å². The van der Waals surface area contributed by atoms with Crippen LogP contribution in [0, 0.1) is 0 Å². The Morgan fingerprint density at radius 2 is 2.38 bits per heavy atom. The van der Waals surface area contributed by atoms with Gasteiger partial charge in [-0.3, -0.25) is 0 Å². The van der Waals surface area contributed by atoms with E-state index < -0.39 is 0 Å². The minimum atomic E-state index is 0.250. The first-order valence-corrected chi connectivity index (χ1v) is 6.69. The second-order valence-corrected chi connectivity index (χ2v) is 4.75. The summed E-state index contributed by atoms with van der Waals surface area (Å²) in [6.45, 7) is 5.48. The molecule has 1 atom stereocenters. The first kappa shape index (κ1) is 13.5. The molecule has 0 aliphatic rings. The molecular formula is C12H20N2OS. The van der Waals surface area contributed by atoms with Gasteiger partial charge in [-0.15, -0.1) is 11.8 Å². The van der Waals surface area contributed by atoms with E-state index in [0.717, 1.165) is 23.7 Å². The molecule has 3 nitrogen and oxygen atoms in total. The predicted molar refractivity (Wildman–Crippen MR) is 68.8 cm³/mol. The highest BCUT2D eigenvalue weighted by Crippen LogP contribution is 2.20. The highest BCUT2D eigenvalue weighted by molar-refractivity contribution is 7.99. The molecule has 1 heterocycles. The number of aromatic nitrogens is 1. The lowest BCUT2D eigenvalue weighted by Crippen LogP contribution is -2.17. The van der Waals surface area contributed by atoms with Crippen LogP contribution in [-0.4, -0.2) is 29.0 Å². The van der Waals surface area contributed by atoms with Crippen LogP contribution in [0.15, 0.2) is 23.4 Å². The minimum Gasteiger partial charge on any atom is -0.396 e. The van der Waals surface area contributed by atoms with Crippen molar-refractivity contribution in [3.63, 3.8) is 0 Å². The van der Waals surface area contributed by atoms with E-state index in [1.807, 2.05) is 12.3 Å². The third kappa shape index (κ3) is 4.51. The molecule has 1 rings (SSSR count). The topological polar surface area (TPSA) is 45.2 Å². The molecule has 0 fully saturated rings. The van der Waals surface area contributed by atoms with Crippen molar-refractivity contribution in [2.24, 2.45) is 0 Å². The SMILES string of the molecule is CCNC(C)c1ccnc(SCCCO)c1. The van der Waals surface area contributed by atoms with E-state index in [4.69, 9.17) is 5.11 Å². The van der Waals surface area contributed by atoms with Gasteiger partial charge in [-0.25, -0.2) is 4.98 Å². The average molecular weight is 240 g/mol. The molecule has 0 aliphatic heterocycles. The van der Waals surface area contributed by atoms with Crippen LogP contribution in [-0.2, 0) is 0 Å². The van der Waals surface area contributed by atoms with Gasteiger partial charge in [-0.05, 0) is 37.6 Å². The summed E-state index contributed by atoms with van der Waals surface area (Å²) in [5, 5.41) is 13.1. The van der Waals surface area contributed by atoms with Gasteiger partial charge in [0.25, 0.3) is 0 Å². The molecule has 0 radical (unpaired) electrons. The van der Waals surface area contributed by atoms with E-state index >= 15 is 0 Å². The maximum atomic E-state index is 8.71. The summed E-state index contributed by atoms with van der Waals surface area (Å²) in [5.41, 5.74) is 1.27. The van der Waals surface area contributed by atoms with Crippen LogP contribution in [0.25, 0.3) is 0 Å². The van der Waals surface area contributed by atoms with E-state index in [1.165, 1.54) is 5.56 Å². The quantitative estimate of drug-likeness (QED) is 0.566. The molecule has 0 saturated carbocycles. The molecule has 4 heteroatoms. The zero-order valence-corrected chi connectivity index (χ0v) is 10.8. The Morgan fingerprint density at radius 3 is 3.06 bits per heavy atom. The van der Waals surface area contributed by atoms with Gasteiger partial charge < -0.3 is 10.4 Å². The van der Waals surface area contributed by atoms with Crippen LogP contribution in [0.4, 0.5) is 0 Å². The Bertz CT molecular complexity index is 307. The number of aliphatic hydroxyl groups excluding tert-OH is 1. The molecule has 1 aromatic heterocycles. The largest absolute Gasteiger partial charge is 0.396 e. The van der Waals surface area contributed by atoms with Crippen molar-refractivity contribution in [2.45, 2.75) is 31.3 Å². The number of pyridine rings is 1. The Morgan fingerprint density at radius 1 is 1.56 bits per heavy atom. The minimum absolute atomic E-state index is 0.250. The van der Waals surface area contributed by atoms with Crippen molar-refractivity contribution < 1.29 is 5.11 Å². The molecule has 0 spiro atoms. The first-order chi connectivity index (χ1) is 7.77. The second-order valence-electron chi connectivity index (χ2n) is 3.63. The number of rotatable bonds is 7. The molecule has 0 aromatic carbocycles. The highest BCUT2D eigenvalue weighted by atomic mass is 32.2. The number of nitrogens with one attached hydrogen (secondary N) is 1. The summed E-state index contributed by atoms with van der Waals surface area (Å²) in [7, 11) is 0. The first-order valence-electron chi connectivity index (χ1n) is 5.71. The lowest BCUT2D eigenvalue weighted by Gasteiger charge is -2.13. The summed E-state index contributed by atoms with van der Waals surface area (Å²) in [4.78, 5) is 4.31. The summed E-state index contributed by atoms with van der Waals surface area (Å²) in [6.07, 6.45) is 2.67. The lowest BCUT2D eigenvalue weighted by atomic mass is 10.1. The number of hydrogen-bond acceptors (Lipinski definition) is 4. The van der Waals surface area contributed by atoms with Gasteiger partial charge in [-0.2, -0.15) is 0 Å². The molecule has 2 N–H and O–H groups in total. The molecule has 1 unspecified atom stereocenters. The Labute approximate surface area is 102 Å². The van der Waals surface area contributed by atoms with Crippen molar-refractivity contribution in [3.05, 3.63) is 23.9 Å². The van der Waals surface area contributed by atoms with Gasteiger partial charge in [-0.1, -0.05) is 6.92 Å². The van der Waals surface area contributed by atoms with Gasteiger partial charge in [0.05, 0.1) is 5.03 Å².